The number of rotatable bonds is 10. The Morgan fingerprint density at radius 1 is 1.11 bits per heavy atom. The summed E-state index contributed by atoms with van der Waals surface area (Å²) in [7, 11) is -0.912. The molecule has 4 heterocycles. The van der Waals surface area contributed by atoms with E-state index in [4.69, 9.17) is 15.6 Å². The van der Waals surface area contributed by atoms with E-state index in [1.165, 1.54) is 23.2 Å². The summed E-state index contributed by atoms with van der Waals surface area (Å²) in [5.74, 6) is -3.19. The number of ether oxygens (including phenoxy) is 1. The predicted molar refractivity (Wildman–Crippen MR) is 168 cm³/mol. The van der Waals surface area contributed by atoms with Gasteiger partial charge in [-0.2, -0.15) is 19.0 Å². The molecule has 3 aromatic heterocycles. The van der Waals surface area contributed by atoms with Gasteiger partial charge in [0.2, 0.25) is 0 Å². The van der Waals surface area contributed by atoms with E-state index in [1.54, 1.807) is 55.3 Å². The minimum absolute atomic E-state index is 0.0746. The molecule has 1 aliphatic heterocycles. The molecule has 2 aromatic carbocycles. The van der Waals surface area contributed by atoms with Crippen LogP contribution in [0.2, 0.25) is 0 Å². The summed E-state index contributed by atoms with van der Waals surface area (Å²) in [6, 6.07) is 10.5. The van der Waals surface area contributed by atoms with Crippen LogP contribution in [0.3, 0.4) is 0 Å². The Bertz CT molecular complexity index is 1910. The highest BCUT2D eigenvalue weighted by molar-refractivity contribution is 7.86. The van der Waals surface area contributed by atoms with E-state index in [-0.39, 0.29) is 23.3 Å². The molecule has 240 valence electrons. The van der Waals surface area contributed by atoms with Crippen LogP contribution in [0.4, 0.5) is 24.7 Å². The van der Waals surface area contributed by atoms with Crippen molar-refractivity contribution in [3.8, 4) is 28.1 Å². The molecule has 5 aromatic rings. The molecule has 12 nitrogen and oxygen atoms in total. The number of pyridine rings is 1. The molecule has 0 amide bonds. The van der Waals surface area contributed by atoms with Crippen molar-refractivity contribution >= 4 is 33.4 Å². The summed E-state index contributed by atoms with van der Waals surface area (Å²) < 4.78 is 64.0. The number of aromatic nitrogens is 5. The number of halogens is 3. The van der Waals surface area contributed by atoms with Crippen LogP contribution >= 0.6 is 0 Å². The highest BCUT2D eigenvalue weighted by Crippen LogP contribution is 2.40. The van der Waals surface area contributed by atoms with Crippen molar-refractivity contribution in [2.45, 2.75) is 37.7 Å². The van der Waals surface area contributed by atoms with Crippen LogP contribution in [-0.2, 0) is 18.0 Å². The summed E-state index contributed by atoms with van der Waals surface area (Å²) in [6.45, 7) is 2.84. The summed E-state index contributed by atoms with van der Waals surface area (Å²) in [4.78, 5) is 15.3. The zero-order valence-electron chi connectivity index (χ0n) is 24.8. The number of nitrogens with one attached hydrogen (secondary N) is 1. The van der Waals surface area contributed by atoms with Crippen LogP contribution in [0.1, 0.15) is 37.5 Å². The number of fused-ring (bicyclic) bond motifs is 1. The Balaban J connectivity index is 1.38. The second kappa shape index (κ2) is 12.8. The molecule has 1 fully saturated rings. The average Bonchev–Trinajstić information content (AvgIpc) is 3.68. The maximum Gasteiger partial charge on any atom is 0.330 e. The fraction of sp³-hybridized carbons (Fsp3) is 0.300. The second-order valence-corrected chi connectivity index (χ2v) is 12.1. The van der Waals surface area contributed by atoms with Gasteiger partial charge >= 0.3 is 5.76 Å². The zero-order chi connectivity index (χ0) is 32.5. The van der Waals surface area contributed by atoms with Gasteiger partial charge in [-0.1, -0.05) is 18.2 Å². The Morgan fingerprint density at radius 2 is 1.85 bits per heavy atom. The number of nitrogens with zero attached hydrogens (tertiary/aromatic N) is 7. The van der Waals surface area contributed by atoms with E-state index in [0.29, 0.717) is 40.8 Å². The van der Waals surface area contributed by atoms with Gasteiger partial charge in [0.1, 0.15) is 29.2 Å². The number of anilines is 2. The lowest BCUT2D eigenvalue weighted by Gasteiger charge is -2.27. The number of nitrogens with two attached hydrogens (primary N) is 1. The molecule has 1 saturated heterocycles. The van der Waals surface area contributed by atoms with Gasteiger partial charge in [-0.25, -0.2) is 13.6 Å². The van der Waals surface area contributed by atoms with Crippen molar-refractivity contribution in [1.82, 2.24) is 29.6 Å². The van der Waals surface area contributed by atoms with E-state index in [2.05, 4.69) is 20.1 Å². The Morgan fingerprint density at radius 3 is 2.54 bits per heavy atom. The largest absolute Gasteiger partial charge is 0.484 e. The van der Waals surface area contributed by atoms with Gasteiger partial charge < -0.3 is 10.5 Å². The summed E-state index contributed by atoms with van der Waals surface area (Å²) >= 11 is 0. The smallest absolute Gasteiger partial charge is 0.330 e. The second-order valence-electron chi connectivity index (χ2n) is 10.9. The molecule has 3 N–H and O–H groups in total. The van der Waals surface area contributed by atoms with Gasteiger partial charge in [-0.3, -0.25) is 19.1 Å². The maximum absolute atomic E-state index is 13.5. The van der Waals surface area contributed by atoms with Crippen LogP contribution < -0.4 is 15.2 Å². The van der Waals surface area contributed by atoms with Crippen LogP contribution in [0, 0.1) is 10.7 Å². The fourth-order valence-electron chi connectivity index (χ4n) is 5.62. The first-order chi connectivity index (χ1) is 22.1. The molecule has 0 radical (unpaired) electrons. The monoisotopic (exact) mass is 653 g/mol. The summed E-state index contributed by atoms with van der Waals surface area (Å²) in [6.07, 6.45) is 6.19. The minimum atomic E-state index is -3.13. The molecule has 1 aliphatic rings. The van der Waals surface area contributed by atoms with Crippen molar-refractivity contribution in [3.63, 3.8) is 0 Å². The normalized spacial score (nSPS) is 15.3. The van der Waals surface area contributed by atoms with Gasteiger partial charge in [-0.15, -0.1) is 4.91 Å². The molecule has 16 heteroatoms. The lowest BCUT2D eigenvalue weighted by molar-refractivity contribution is 0.184. The van der Waals surface area contributed by atoms with Crippen LogP contribution in [0.5, 0.6) is 5.75 Å². The predicted octanol–water partition coefficient (Wildman–Crippen LogP) is 5.98. The summed E-state index contributed by atoms with van der Waals surface area (Å²) in [5.41, 5.74) is 10.4. The summed E-state index contributed by atoms with van der Waals surface area (Å²) in [5, 5.41) is 14.4. The number of nitrogen functional groups attached to an aromatic ring is 1. The number of hydrogen-bond donors (Lipinski definition) is 2. The fourth-order valence-corrected chi connectivity index (χ4v) is 6.10. The lowest BCUT2D eigenvalue weighted by atomic mass is 10.0. The number of aryl methyl sites for hydroxylation is 1. The molecule has 2 atom stereocenters. The average molecular weight is 654 g/mol. The van der Waals surface area contributed by atoms with E-state index in [1.807, 2.05) is 10.9 Å². The first-order valence-corrected chi connectivity index (χ1v) is 15.6. The zero-order valence-corrected chi connectivity index (χ0v) is 25.6. The molecule has 0 bridgehead atoms. The number of benzene rings is 2. The third-order valence-electron chi connectivity index (χ3n) is 8.00. The number of piperidine rings is 1. The van der Waals surface area contributed by atoms with E-state index < -0.39 is 28.7 Å². The molecule has 0 saturated carbocycles. The van der Waals surface area contributed by atoms with Crippen molar-refractivity contribution in [2.24, 2.45) is 12.3 Å². The quantitative estimate of drug-likeness (QED) is 0.175. The van der Waals surface area contributed by atoms with Crippen LogP contribution in [-0.4, -0.2) is 52.6 Å². The minimum Gasteiger partial charge on any atom is -0.484 e. The number of alkyl halides is 2. The van der Waals surface area contributed by atoms with E-state index in [0.717, 1.165) is 24.0 Å². The molecular weight excluding hydrogens is 623 g/mol. The first kappa shape index (κ1) is 31.0. The van der Waals surface area contributed by atoms with Gasteiger partial charge in [-0.05, 0) is 49.6 Å². The third-order valence-corrected chi connectivity index (χ3v) is 8.75. The lowest BCUT2D eigenvalue weighted by Crippen LogP contribution is -2.30. The third kappa shape index (κ3) is 6.11. The van der Waals surface area contributed by atoms with Crippen molar-refractivity contribution in [1.29, 1.82) is 0 Å². The van der Waals surface area contributed by atoms with Gasteiger partial charge in [0.15, 0.2) is 11.0 Å². The van der Waals surface area contributed by atoms with Gasteiger partial charge in [0, 0.05) is 49.2 Å². The standard InChI is InChI=1S/C30H30F3N9O3S/c1-17(18-3-6-21(31)7-4-18)45-25-13-19(5-8-24(25)38-46(44)30(32)33)27-26-28(40(2)37-27)23(15-35-29(26)34)20-14-36-42(16-20)22-9-11-41(39-43)12-10-22/h3-8,13-17,22,30,38H,9-12H2,1-2H3,(H2,34,35). The Hall–Kier alpha value is -4.99. The number of hydrogen-bond acceptors (Lipinski definition) is 8. The molecule has 6 rings (SSSR count). The van der Waals surface area contributed by atoms with Crippen LogP contribution in [0.25, 0.3) is 33.3 Å². The molecule has 0 aliphatic carbocycles. The molecule has 2 unspecified atom stereocenters. The van der Waals surface area contributed by atoms with Crippen molar-refractivity contribution in [3.05, 3.63) is 77.3 Å². The van der Waals surface area contributed by atoms with Gasteiger partial charge in [0.25, 0.3) is 0 Å². The molecule has 46 heavy (non-hydrogen) atoms. The van der Waals surface area contributed by atoms with Gasteiger partial charge in [0.05, 0.1) is 34.1 Å². The Labute approximate surface area is 263 Å². The number of nitroso groups, excluding NO2 is 1. The molecule has 0 spiro atoms. The maximum atomic E-state index is 13.5. The highest BCUT2D eigenvalue weighted by Gasteiger charge is 2.25. The molecular formula is C30H30F3N9O3S. The Kier molecular flexibility index (Phi) is 8.62. The SMILES string of the molecule is CC(Oc1cc(-c2nn(C)c3c(-c4cnn(C5CCN(N=O)CC5)c4)cnc(N)c23)ccc1NS(=O)C(F)F)c1ccc(F)cc1. The van der Waals surface area contributed by atoms with Crippen molar-refractivity contribution < 1.29 is 22.1 Å². The van der Waals surface area contributed by atoms with Crippen molar-refractivity contribution in [2.75, 3.05) is 23.5 Å². The van der Waals surface area contributed by atoms with E-state index in [9.17, 15) is 22.3 Å². The van der Waals surface area contributed by atoms with Crippen LogP contribution in [0.15, 0.2) is 66.3 Å². The highest BCUT2D eigenvalue weighted by atomic mass is 32.2. The topological polar surface area (TPSA) is 146 Å². The van der Waals surface area contributed by atoms with E-state index >= 15 is 0 Å². The first-order valence-electron chi connectivity index (χ1n) is 14.4.